The van der Waals surface area contributed by atoms with E-state index in [1.165, 1.54) is 0 Å². The summed E-state index contributed by atoms with van der Waals surface area (Å²) in [6, 6.07) is 5.43. The summed E-state index contributed by atoms with van der Waals surface area (Å²) in [7, 11) is 0. The molecular formula is C20H32FN5O2. The Balaban J connectivity index is 0.000000280. The highest BCUT2D eigenvalue weighted by molar-refractivity contribution is 5.84. The van der Waals surface area contributed by atoms with Crippen LogP contribution in [0, 0.1) is 24.6 Å². The SMILES string of the molecule is CC(C)CC(C/C(N)=N/NN)C(=O)O.Cc1ccc(C2=CCNCC2)c(F)c1. The zero-order valence-corrected chi connectivity index (χ0v) is 16.8. The van der Waals surface area contributed by atoms with Crippen LogP contribution >= 0.6 is 0 Å². The molecule has 0 spiro atoms. The Bertz CT molecular complexity index is 704. The Kier molecular flexibility index (Phi) is 10.2. The lowest BCUT2D eigenvalue weighted by Crippen LogP contribution is -2.27. The number of hydrazine groups is 1. The average molecular weight is 394 g/mol. The maximum Gasteiger partial charge on any atom is 0.306 e. The molecule has 1 aliphatic rings. The predicted molar refractivity (Wildman–Crippen MR) is 111 cm³/mol. The number of rotatable bonds is 7. The lowest BCUT2D eigenvalue weighted by Gasteiger charge is -2.14. The van der Waals surface area contributed by atoms with Gasteiger partial charge in [0, 0.05) is 18.5 Å². The first kappa shape index (κ1) is 23.6. The van der Waals surface area contributed by atoms with Gasteiger partial charge in [-0.25, -0.2) is 15.8 Å². The maximum atomic E-state index is 13.6. The lowest BCUT2D eigenvalue weighted by atomic mass is 9.94. The van der Waals surface area contributed by atoms with E-state index < -0.39 is 11.9 Å². The molecule has 8 heteroatoms. The molecule has 1 heterocycles. The number of amidine groups is 1. The monoisotopic (exact) mass is 393 g/mol. The molecule has 156 valence electrons. The fourth-order valence-electron chi connectivity index (χ4n) is 2.97. The van der Waals surface area contributed by atoms with Crippen molar-refractivity contribution >= 4 is 17.4 Å². The van der Waals surface area contributed by atoms with Gasteiger partial charge in [0.15, 0.2) is 0 Å². The smallest absolute Gasteiger partial charge is 0.306 e. The normalized spacial score (nSPS) is 15.4. The van der Waals surface area contributed by atoms with Crippen LogP contribution in [0.5, 0.6) is 0 Å². The van der Waals surface area contributed by atoms with E-state index in [-0.39, 0.29) is 18.1 Å². The Morgan fingerprint density at radius 3 is 2.64 bits per heavy atom. The number of aryl methyl sites for hydroxylation is 1. The average Bonchev–Trinajstić information content (AvgIpc) is 2.62. The number of nitrogens with one attached hydrogen (secondary N) is 2. The Morgan fingerprint density at radius 2 is 2.14 bits per heavy atom. The number of halogens is 1. The fourth-order valence-corrected chi connectivity index (χ4v) is 2.97. The zero-order chi connectivity index (χ0) is 21.1. The molecule has 0 saturated heterocycles. The molecule has 1 aliphatic heterocycles. The van der Waals surface area contributed by atoms with E-state index in [2.05, 4.69) is 16.5 Å². The molecule has 28 heavy (non-hydrogen) atoms. The number of carboxylic acid groups (broad SMARTS) is 1. The van der Waals surface area contributed by atoms with E-state index in [4.69, 9.17) is 16.7 Å². The third-order valence-corrected chi connectivity index (χ3v) is 4.30. The van der Waals surface area contributed by atoms with Crippen LogP contribution in [0.15, 0.2) is 29.4 Å². The van der Waals surface area contributed by atoms with E-state index in [1.807, 2.05) is 38.4 Å². The number of hydrazone groups is 1. The molecular weight excluding hydrogens is 361 g/mol. The highest BCUT2D eigenvalue weighted by Gasteiger charge is 2.20. The summed E-state index contributed by atoms with van der Waals surface area (Å²) >= 11 is 0. The predicted octanol–water partition coefficient (Wildman–Crippen LogP) is 2.37. The molecule has 0 aliphatic carbocycles. The second kappa shape index (κ2) is 12.1. The van der Waals surface area contributed by atoms with Gasteiger partial charge in [-0.15, -0.1) is 0 Å². The van der Waals surface area contributed by atoms with E-state index in [9.17, 15) is 9.18 Å². The molecule has 0 amide bonds. The van der Waals surface area contributed by atoms with Crippen molar-refractivity contribution in [2.45, 2.75) is 40.0 Å². The number of aliphatic carboxylic acids is 1. The number of nitrogens with zero attached hydrogens (tertiary/aromatic N) is 1. The standard InChI is InChI=1S/C12H14FN.C8H18N4O2/c1-9-2-3-11(12(13)8-9)10-4-6-14-7-5-10;1-5(2)3-6(8(13)14)4-7(9)11-12-10/h2-4,8,14H,5-7H2,1H3;5-6,12H,3-4,10H2,1-2H3,(H2,9,11)(H,13,14). The van der Waals surface area contributed by atoms with Crippen LogP contribution in [-0.4, -0.2) is 30.0 Å². The third-order valence-electron chi connectivity index (χ3n) is 4.30. The number of hydrogen-bond donors (Lipinski definition) is 5. The van der Waals surface area contributed by atoms with Crippen LogP contribution in [0.2, 0.25) is 0 Å². The summed E-state index contributed by atoms with van der Waals surface area (Å²) in [5.41, 5.74) is 10.3. The van der Waals surface area contributed by atoms with Gasteiger partial charge in [-0.1, -0.05) is 32.1 Å². The van der Waals surface area contributed by atoms with Crippen molar-refractivity contribution in [3.63, 3.8) is 0 Å². The van der Waals surface area contributed by atoms with Gasteiger partial charge in [0.1, 0.15) is 11.7 Å². The molecule has 1 aromatic carbocycles. The van der Waals surface area contributed by atoms with Gasteiger partial charge in [-0.05, 0) is 49.4 Å². The minimum absolute atomic E-state index is 0.0989. The Morgan fingerprint density at radius 1 is 1.43 bits per heavy atom. The first-order valence-corrected chi connectivity index (χ1v) is 9.41. The minimum Gasteiger partial charge on any atom is -0.481 e. The van der Waals surface area contributed by atoms with Gasteiger partial charge in [0.05, 0.1) is 5.92 Å². The summed E-state index contributed by atoms with van der Waals surface area (Å²) in [5.74, 6) is 4.00. The molecule has 0 radical (unpaired) electrons. The van der Waals surface area contributed by atoms with Crippen molar-refractivity contribution in [1.82, 2.24) is 10.9 Å². The number of nitrogens with two attached hydrogens (primary N) is 2. The summed E-state index contributed by atoms with van der Waals surface area (Å²) in [6.45, 7) is 7.63. The van der Waals surface area contributed by atoms with E-state index in [0.29, 0.717) is 12.3 Å². The van der Waals surface area contributed by atoms with Crippen LogP contribution in [-0.2, 0) is 4.79 Å². The minimum atomic E-state index is -0.853. The molecule has 0 aromatic heterocycles. The second-order valence-electron chi connectivity index (χ2n) is 7.27. The summed E-state index contributed by atoms with van der Waals surface area (Å²) in [6.07, 6.45) is 3.78. The molecule has 2 rings (SSSR count). The molecule has 7 nitrogen and oxygen atoms in total. The van der Waals surface area contributed by atoms with Crippen molar-refractivity contribution in [2.24, 2.45) is 28.5 Å². The molecule has 1 aromatic rings. The fraction of sp³-hybridized carbons (Fsp3) is 0.500. The molecule has 0 bridgehead atoms. The van der Waals surface area contributed by atoms with Gasteiger partial charge in [0.2, 0.25) is 0 Å². The molecule has 0 saturated carbocycles. The number of hydrogen-bond acceptors (Lipinski definition) is 5. The quantitative estimate of drug-likeness (QED) is 0.210. The summed E-state index contributed by atoms with van der Waals surface area (Å²) in [5, 5.41) is 15.6. The lowest BCUT2D eigenvalue weighted by molar-refractivity contribution is -0.142. The van der Waals surface area contributed by atoms with Gasteiger partial charge < -0.3 is 16.2 Å². The van der Waals surface area contributed by atoms with Crippen molar-refractivity contribution in [3.8, 4) is 0 Å². The van der Waals surface area contributed by atoms with Gasteiger partial charge in [-0.2, -0.15) is 5.10 Å². The van der Waals surface area contributed by atoms with Crippen molar-refractivity contribution in [2.75, 3.05) is 13.1 Å². The highest BCUT2D eigenvalue weighted by atomic mass is 19.1. The van der Waals surface area contributed by atoms with Gasteiger partial charge in [-0.3, -0.25) is 4.79 Å². The number of benzene rings is 1. The Labute approximate surface area is 166 Å². The van der Waals surface area contributed by atoms with Crippen LogP contribution in [0.25, 0.3) is 5.57 Å². The first-order chi connectivity index (χ1) is 13.2. The van der Waals surface area contributed by atoms with Crippen molar-refractivity contribution < 1.29 is 14.3 Å². The summed E-state index contributed by atoms with van der Waals surface area (Å²) < 4.78 is 13.6. The van der Waals surface area contributed by atoms with E-state index >= 15 is 0 Å². The van der Waals surface area contributed by atoms with Gasteiger partial charge in [0.25, 0.3) is 0 Å². The first-order valence-electron chi connectivity index (χ1n) is 9.41. The summed E-state index contributed by atoms with van der Waals surface area (Å²) in [4.78, 5) is 10.8. The molecule has 0 fully saturated rings. The van der Waals surface area contributed by atoms with E-state index in [1.54, 1.807) is 6.07 Å². The van der Waals surface area contributed by atoms with Crippen molar-refractivity contribution in [3.05, 3.63) is 41.2 Å². The third kappa shape index (κ3) is 8.49. The largest absolute Gasteiger partial charge is 0.481 e. The Hall–Kier alpha value is -2.45. The van der Waals surface area contributed by atoms with Crippen LogP contribution in [0.4, 0.5) is 4.39 Å². The molecule has 7 N–H and O–H groups in total. The number of carbonyl (C=O) groups is 1. The van der Waals surface area contributed by atoms with Crippen LogP contribution in [0.1, 0.15) is 44.2 Å². The maximum absolute atomic E-state index is 13.6. The second-order valence-corrected chi connectivity index (χ2v) is 7.27. The van der Waals surface area contributed by atoms with E-state index in [0.717, 1.165) is 36.2 Å². The van der Waals surface area contributed by atoms with Crippen LogP contribution < -0.4 is 22.4 Å². The zero-order valence-electron chi connectivity index (χ0n) is 16.8. The topological polar surface area (TPSA) is 126 Å². The number of carboxylic acids is 1. The molecule has 1 unspecified atom stereocenters. The molecule has 1 atom stereocenters. The highest BCUT2D eigenvalue weighted by Crippen LogP contribution is 2.23. The van der Waals surface area contributed by atoms with Crippen molar-refractivity contribution in [1.29, 1.82) is 0 Å². The van der Waals surface area contributed by atoms with Crippen LogP contribution in [0.3, 0.4) is 0 Å². The van der Waals surface area contributed by atoms with Gasteiger partial charge >= 0.3 is 5.97 Å².